The van der Waals surface area contributed by atoms with Crippen molar-refractivity contribution in [3.05, 3.63) is 162 Å². The third-order valence-corrected chi connectivity index (χ3v) is 9.34. The van der Waals surface area contributed by atoms with Gasteiger partial charge in [-0.3, -0.25) is 9.69 Å². The topological polar surface area (TPSA) is 94.9 Å². The van der Waals surface area contributed by atoms with E-state index in [1.807, 2.05) is 111 Å². The summed E-state index contributed by atoms with van der Waals surface area (Å²) in [7, 11) is 1.39. The van der Waals surface area contributed by atoms with Crippen molar-refractivity contribution in [2.24, 2.45) is 0 Å². The van der Waals surface area contributed by atoms with Crippen molar-refractivity contribution < 1.29 is 23.8 Å². The van der Waals surface area contributed by atoms with Crippen LogP contribution in [0.2, 0.25) is 0 Å². The lowest BCUT2D eigenvalue weighted by Crippen LogP contribution is -2.49. The number of nitrogens with zero attached hydrogens (tertiary/aromatic N) is 3. The SMILES string of the molecule is COC(=O)[C@H](Cc1cn(C(c2ccccc2)(c2ccccc2)c2ccccc2)cn1)NCC[C@H]1COC(C)(C)N1C(=O)OCc1ccccc1. The third kappa shape index (κ3) is 7.34. The molecule has 0 aliphatic carbocycles. The number of imidazole rings is 1. The van der Waals surface area contributed by atoms with Crippen LogP contribution in [0.3, 0.4) is 0 Å². The van der Waals surface area contributed by atoms with Crippen LogP contribution in [0.25, 0.3) is 0 Å². The zero-order valence-corrected chi connectivity index (χ0v) is 28.8. The fourth-order valence-electron chi connectivity index (χ4n) is 6.91. The van der Waals surface area contributed by atoms with Crippen molar-refractivity contribution in [1.29, 1.82) is 0 Å². The van der Waals surface area contributed by atoms with E-state index in [2.05, 4.69) is 46.3 Å². The van der Waals surface area contributed by atoms with E-state index in [-0.39, 0.29) is 18.6 Å². The molecule has 1 saturated heterocycles. The van der Waals surface area contributed by atoms with Crippen molar-refractivity contribution >= 4 is 12.1 Å². The molecule has 9 heteroatoms. The van der Waals surface area contributed by atoms with E-state index in [4.69, 9.17) is 19.2 Å². The predicted molar refractivity (Wildman–Crippen MR) is 191 cm³/mol. The van der Waals surface area contributed by atoms with Gasteiger partial charge in [-0.15, -0.1) is 0 Å². The minimum absolute atomic E-state index is 0.175. The second kappa shape index (κ2) is 15.5. The Balaban J connectivity index is 1.20. The molecule has 6 rings (SSSR count). The minimum Gasteiger partial charge on any atom is -0.468 e. The van der Waals surface area contributed by atoms with Crippen LogP contribution in [0.5, 0.6) is 0 Å². The molecule has 9 nitrogen and oxygen atoms in total. The van der Waals surface area contributed by atoms with Crippen molar-refractivity contribution in [3.63, 3.8) is 0 Å². The van der Waals surface area contributed by atoms with E-state index in [0.717, 1.165) is 27.9 Å². The van der Waals surface area contributed by atoms with E-state index < -0.39 is 23.4 Å². The second-order valence-electron chi connectivity index (χ2n) is 12.9. The summed E-state index contributed by atoms with van der Waals surface area (Å²) in [5, 5.41) is 3.38. The van der Waals surface area contributed by atoms with Gasteiger partial charge in [0, 0.05) is 12.6 Å². The minimum atomic E-state index is -0.824. The number of methoxy groups -OCH3 is 1. The Morgan fingerprint density at radius 3 is 1.96 bits per heavy atom. The summed E-state index contributed by atoms with van der Waals surface area (Å²) >= 11 is 0. The fourth-order valence-corrected chi connectivity index (χ4v) is 6.91. The first-order valence-electron chi connectivity index (χ1n) is 17.0. The molecule has 1 aliphatic heterocycles. The average Bonchev–Trinajstić information content (AvgIpc) is 3.75. The van der Waals surface area contributed by atoms with E-state index in [1.54, 1.807) is 4.90 Å². The van der Waals surface area contributed by atoms with Gasteiger partial charge in [-0.25, -0.2) is 9.78 Å². The number of benzene rings is 4. The first-order valence-corrected chi connectivity index (χ1v) is 17.0. The number of amides is 1. The smallest absolute Gasteiger partial charge is 0.412 e. The van der Waals surface area contributed by atoms with Crippen LogP contribution in [0.1, 0.15) is 48.2 Å². The highest BCUT2D eigenvalue weighted by Gasteiger charge is 2.44. The molecule has 258 valence electrons. The van der Waals surface area contributed by atoms with E-state index in [9.17, 15) is 9.59 Å². The Bertz CT molecular complexity index is 1730. The first kappa shape index (κ1) is 34.6. The molecule has 0 saturated carbocycles. The van der Waals surface area contributed by atoms with Crippen molar-refractivity contribution in [2.75, 3.05) is 20.3 Å². The molecular formula is C41H44N4O5. The van der Waals surface area contributed by atoms with Crippen LogP contribution >= 0.6 is 0 Å². The van der Waals surface area contributed by atoms with Crippen LogP contribution < -0.4 is 5.32 Å². The van der Waals surface area contributed by atoms with Gasteiger partial charge < -0.3 is 24.1 Å². The van der Waals surface area contributed by atoms with Crippen LogP contribution in [-0.4, -0.2) is 64.6 Å². The summed E-state index contributed by atoms with van der Waals surface area (Å²) in [6, 6.07) is 39.8. The zero-order chi connectivity index (χ0) is 35.0. The van der Waals surface area contributed by atoms with Crippen LogP contribution in [0.15, 0.2) is 134 Å². The lowest BCUT2D eigenvalue weighted by atomic mass is 9.77. The van der Waals surface area contributed by atoms with E-state index >= 15 is 0 Å². The van der Waals surface area contributed by atoms with Gasteiger partial charge in [0.2, 0.25) is 0 Å². The van der Waals surface area contributed by atoms with Crippen LogP contribution in [-0.2, 0) is 37.6 Å². The highest BCUT2D eigenvalue weighted by molar-refractivity contribution is 5.76. The number of rotatable bonds is 13. The number of ether oxygens (including phenoxy) is 3. The molecule has 0 radical (unpaired) electrons. The maximum Gasteiger partial charge on any atom is 0.412 e. The molecule has 2 atom stereocenters. The molecule has 0 bridgehead atoms. The van der Waals surface area contributed by atoms with Crippen LogP contribution in [0.4, 0.5) is 4.79 Å². The Hall–Kier alpha value is -5.25. The van der Waals surface area contributed by atoms with Crippen molar-refractivity contribution in [3.8, 4) is 0 Å². The molecule has 1 N–H and O–H groups in total. The Morgan fingerprint density at radius 1 is 0.880 bits per heavy atom. The molecule has 5 aromatic rings. The van der Waals surface area contributed by atoms with Gasteiger partial charge in [-0.1, -0.05) is 121 Å². The molecule has 1 amide bonds. The summed E-state index contributed by atoms with van der Waals surface area (Å²) in [5.41, 5.74) is 3.35. The Labute approximate surface area is 293 Å². The highest BCUT2D eigenvalue weighted by atomic mass is 16.6. The van der Waals surface area contributed by atoms with Crippen molar-refractivity contribution in [2.45, 2.75) is 56.6 Å². The normalized spacial score (nSPS) is 16.1. The second-order valence-corrected chi connectivity index (χ2v) is 12.9. The molecule has 50 heavy (non-hydrogen) atoms. The Kier molecular flexibility index (Phi) is 10.7. The summed E-state index contributed by atoms with van der Waals surface area (Å²) in [4.78, 5) is 32.8. The van der Waals surface area contributed by atoms with Gasteiger partial charge in [-0.2, -0.15) is 0 Å². The largest absolute Gasteiger partial charge is 0.468 e. The number of hydrogen-bond donors (Lipinski definition) is 1. The number of carbonyl (C=O) groups excluding carboxylic acids is 2. The number of aromatic nitrogens is 2. The first-order chi connectivity index (χ1) is 24.3. The molecule has 0 unspecified atom stereocenters. The van der Waals surface area contributed by atoms with Crippen LogP contribution in [0, 0.1) is 0 Å². The maximum absolute atomic E-state index is 13.2. The lowest BCUT2D eigenvalue weighted by Gasteiger charge is -2.37. The number of carbonyl (C=O) groups is 2. The van der Waals surface area contributed by atoms with E-state index in [0.29, 0.717) is 26.0 Å². The van der Waals surface area contributed by atoms with Gasteiger partial charge in [-0.05, 0) is 49.1 Å². The van der Waals surface area contributed by atoms with Gasteiger partial charge in [0.25, 0.3) is 0 Å². The quantitative estimate of drug-likeness (QED) is 0.112. The molecule has 4 aromatic carbocycles. The summed E-state index contributed by atoms with van der Waals surface area (Å²) in [6.45, 7) is 4.70. The summed E-state index contributed by atoms with van der Waals surface area (Å²) in [6.07, 6.45) is 4.28. The van der Waals surface area contributed by atoms with Gasteiger partial charge in [0.05, 0.1) is 31.8 Å². The van der Waals surface area contributed by atoms with Crippen molar-refractivity contribution in [1.82, 2.24) is 19.8 Å². The average molecular weight is 673 g/mol. The molecular weight excluding hydrogens is 628 g/mol. The lowest BCUT2D eigenvalue weighted by molar-refractivity contribution is -0.143. The van der Waals surface area contributed by atoms with Gasteiger partial charge >= 0.3 is 12.1 Å². The number of hydrogen-bond acceptors (Lipinski definition) is 7. The zero-order valence-electron chi connectivity index (χ0n) is 28.8. The monoisotopic (exact) mass is 672 g/mol. The molecule has 1 aromatic heterocycles. The predicted octanol–water partition coefficient (Wildman–Crippen LogP) is 6.56. The summed E-state index contributed by atoms with van der Waals surface area (Å²) < 4.78 is 19.0. The van der Waals surface area contributed by atoms with Gasteiger partial charge in [0.1, 0.15) is 23.9 Å². The Morgan fingerprint density at radius 2 is 1.42 bits per heavy atom. The molecule has 1 aliphatic rings. The molecule has 2 heterocycles. The highest BCUT2D eigenvalue weighted by Crippen LogP contribution is 2.41. The van der Waals surface area contributed by atoms with Gasteiger partial charge in [0.15, 0.2) is 0 Å². The maximum atomic E-state index is 13.2. The van der Waals surface area contributed by atoms with E-state index in [1.165, 1.54) is 7.11 Å². The third-order valence-electron chi connectivity index (χ3n) is 9.34. The number of nitrogens with one attached hydrogen (secondary N) is 1. The molecule has 1 fully saturated rings. The number of esters is 1. The molecule has 0 spiro atoms. The fraction of sp³-hybridized carbons (Fsp3) is 0.293. The summed E-state index contributed by atoms with van der Waals surface area (Å²) in [5.74, 6) is -0.387. The standard InChI is InChI=1S/C41H44N4O5/c1-40(2)45(39(47)49-28-31-16-8-4-9-17-31)36(29-50-40)24-25-42-37(38(46)48-3)26-35-27-44(30-43-35)41(32-18-10-5-11-19-32,33-20-12-6-13-21-33)34-22-14-7-15-23-34/h4-23,27,30,36-37,42H,24-26,28-29H2,1-3H3/t36-,37-/m0/s1.